The van der Waals surface area contributed by atoms with Gasteiger partial charge < -0.3 is 15.8 Å². The van der Waals surface area contributed by atoms with Gasteiger partial charge in [0.1, 0.15) is 4.99 Å². The Morgan fingerprint density at radius 1 is 1.56 bits per heavy atom. The van der Waals surface area contributed by atoms with E-state index in [4.69, 9.17) is 22.7 Å². The van der Waals surface area contributed by atoms with Crippen LogP contribution in [0.2, 0.25) is 0 Å². The third kappa shape index (κ3) is 2.33. The molecule has 0 spiro atoms. The molecule has 0 bridgehead atoms. The molecule has 0 radical (unpaired) electrons. The lowest BCUT2D eigenvalue weighted by molar-refractivity contribution is 0.195. The third-order valence-electron chi connectivity index (χ3n) is 2.82. The number of benzene rings is 1. The molecule has 1 atom stereocenters. The van der Waals surface area contributed by atoms with E-state index in [9.17, 15) is 0 Å². The second-order valence-corrected chi connectivity index (χ2v) is 4.51. The molecule has 1 unspecified atom stereocenters. The van der Waals surface area contributed by atoms with Crippen LogP contribution in [0.3, 0.4) is 0 Å². The fourth-order valence-electron chi connectivity index (χ4n) is 1.92. The lowest BCUT2D eigenvalue weighted by Gasteiger charge is -2.17. The van der Waals surface area contributed by atoms with Gasteiger partial charge in [-0.25, -0.2) is 0 Å². The minimum atomic E-state index is 0.370. The summed E-state index contributed by atoms with van der Waals surface area (Å²) >= 11 is 5.06. The fraction of sp³-hybridized carbons (Fsp3) is 0.417. The van der Waals surface area contributed by atoms with E-state index in [0.717, 1.165) is 36.4 Å². The molecule has 86 valence electrons. The van der Waals surface area contributed by atoms with Gasteiger partial charge in [-0.1, -0.05) is 24.4 Å². The summed E-state index contributed by atoms with van der Waals surface area (Å²) in [5.41, 5.74) is 8.85. The van der Waals surface area contributed by atoms with Gasteiger partial charge in [-0.3, -0.25) is 0 Å². The molecule has 1 aromatic carbocycles. The summed E-state index contributed by atoms with van der Waals surface area (Å²) in [7, 11) is 0. The van der Waals surface area contributed by atoms with Crippen molar-refractivity contribution >= 4 is 22.9 Å². The van der Waals surface area contributed by atoms with Gasteiger partial charge in [0.15, 0.2) is 0 Å². The van der Waals surface area contributed by atoms with Gasteiger partial charge in [-0.05, 0) is 25.0 Å². The lowest BCUT2D eigenvalue weighted by atomic mass is 10.1. The first-order chi connectivity index (χ1) is 7.68. The van der Waals surface area contributed by atoms with Crippen molar-refractivity contribution in [2.24, 2.45) is 5.73 Å². The molecule has 0 amide bonds. The van der Waals surface area contributed by atoms with Crippen LogP contribution >= 0.6 is 12.2 Å². The molecule has 0 saturated carbocycles. The summed E-state index contributed by atoms with van der Waals surface area (Å²) in [6.45, 7) is 3.64. The normalized spacial score (nSPS) is 19.7. The molecule has 1 aliphatic rings. The minimum absolute atomic E-state index is 0.370. The summed E-state index contributed by atoms with van der Waals surface area (Å²) in [5, 5.41) is 3.47. The largest absolute Gasteiger partial charge is 0.389 e. The molecule has 0 aromatic heterocycles. The number of para-hydroxylation sites is 1. The van der Waals surface area contributed by atoms with Crippen molar-refractivity contribution in [1.82, 2.24) is 0 Å². The van der Waals surface area contributed by atoms with Crippen LogP contribution in [0.1, 0.15) is 17.5 Å². The average Bonchev–Trinajstić information content (AvgIpc) is 2.73. The Bertz CT molecular complexity index is 400. The van der Waals surface area contributed by atoms with Crippen LogP contribution in [0, 0.1) is 6.92 Å². The Morgan fingerprint density at radius 2 is 2.38 bits per heavy atom. The van der Waals surface area contributed by atoms with Crippen LogP contribution in [0.4, 0.5) is 5.69 Å². The SMILES string of the molecule is Cc1cccc(C(N)=S)c1NC1CCOC1. The lowest BCUT2D eigenvalue weighted by Crippen LogP contribution is -2.22. The van der Waals surface area contributed by atoms with E-state index >= 15 is 0 Å². The second-order valence-electron chi connectivity index (χ2n) is 4.07. The van der Waals surface area contributed by atoms with Crippen molar-refractivity contribution in [3.63, 3.8) is 0 Å². The maximum Gasteiger partial charge on any atom is 0.106 e. The van der Waals surface area contributed by atoms with Gasteiger partial charge in [-0.15, -0.1) is 0 Å². The zero-order valence-electron chi connectivity index (χ0n) is 9.32. The molecule has 1 saturated heterocycles. The molecule has 1 aliphatic heterocycles. The second kappa shape index (κ2) is 4.80. The maximum absolute atomic E-state index is 5.72. The highest BCUT2D eigenvalue weighted by Gasteiger charge is 2.17. The summed E-state index contributed by atoms with van der Waals surface area (Å²) in [6.07, 6.45) is 1.03. The van der Waals surface area contributed by atoms with Crippen LogP contribution in [0.5, 0.6) is 0 Å². The van der Waals surface area contributed by atoms with Crippen LogP contribution < -0.4 is 11.1 Å². The van der Waals surface area contributed by atoms with Crippen LogP contribution in [-0.2, 0) is 4.74 Å². The number of thiocarbonyl (C=S) groups is 1. The Kier molecular flexibility index (Phi) is 3.41. The monoisotopic (exact) mass is 236 g/mol. The first-order valence-corrected chi connectivity index (χ1v) is 5.83. The number of nitrogens with two attached hydrogens (primary N) is 1. The van der Waals surface area contributed by atoms with Gasteiger partial charge in [-0.2, -0.15) is 0 Å². The van der Waals surface area contributed by atoms with Crippen molar-refractivity contribution in [3.05, 3.63) is 29.3 Å². The highest BCUT2D eigenvalue weighted by atomic mass is 32.1. The van der Waals surface area contributed by atoms with E-state index < -0.39 is 0 Å². The number of aryl methyl sites for hydroxylation is 1. The molecule has 16 heavy (non-hydrogen) atoms. The van der Waals surface area contributed by atoms with Gasteiger partial charge in [0, 0.05) is 17.9 Å². The highest BCUT2D eigenvalue weighted by Crippen LogP contribution is 2.23. The number of hydrogen-bond acceptors (Lipinski definition) is 3. The topological polar surface area (TPSA) is 47.3 Å². The van der Waals surface area contributed by atoms with E-state index in [1.807, 2.05) is 12.1 Å². The highest BCUT2D eigenvalue weighted by molar-refractivity contribution is 7.80. The summed E-state index contributed by atoms with van der Waals surface area (Å²) in [4.78, 5) is 0.435. The van der Waals surface area contributed by atoms with Crippen molar-refractivity contribution in [1.29, 1.82) is 0 Å². The van der Waals surface area contributed by atoms with Crippen molar-refractivity contribution in [2.45, 2.75) is 19.4 Å². The molecule has 1 heterocycles. The van der Waals surface area contributed by atoms with E-state index in [1.54, 1.807) is 0 Å². The summed E-state index contributed by atoms with van der Waals surface area (Å²) < 4.78 is 5.34. The van der Waals surface area contributed by atoms with Crippen LogP contribution in [0.15, 0.2) is 18.2 Å². The molecule has 1 fully saturated rings. The Hall–Kier alpha value is -1.13. The molecule has 1 aromatic rings. The molecule has 4 heteroatoms. The standard InChI is InChI=1S/C12H16N2OS/c1-8-3-2-4-10(12(13)16)11(8)14-9-5-6-15-7-9/h2-4,9,14H,5-7H2,1H3,(H2,13,16). The number of hydrogen-bond donors (Lipinski definition) is 2. The first-order valence-electron chi connectivity index (χ1n) is 5.42. The van der Waals surface area contributed by atoms with Crippen LogP contribution in [-0.4, -0.2) is 24.2 Å². The van der Waals surface area contributed by atoms with E-state index in [0.29, 0.717) is 11.0 Å². The predicted octanol–water partition coefficient (Wildman–Crippen LogP) is 1.83. The first kappa shape index (κ1) is 11.4. The quantitative estimate of drug-likeness (QED) is 0.786. The van der Waals surface area contributed by atoms with E-state index in [-0.39, 0.29) is 0 Å². The Balaban J connectivity index is 2.26. The summed E-state index contributed by atoms with van der Waals surface area (Å²) in [5.74, 6) is 0. The van der Waals surface area contributed by atoms with Crippen LogP contribution in [0.25, 0.3) is 0 Å². The zero-order valence-corrected chi connectivity index (χ0v) is 10.1. The van der Waals surface area contributed by atoms with Gasteiger partial charge in [0.05, 0.1) is 12.6 Å². The van der Waals surface area contributed by atoms with E-state index in [2.05, 4.69) is 18.3 Å². The molecule has 2 rings (SSSR count). The van der Waals surface area contributed by atoms with Gasteiger partial charge in [0.25, 0.3) is 0 Å². The predicted molar refractivity (Wildman–Crippen MR) is 69.9 cm³/mol. The smallest absolute Gasteiger partial charge is 0.106 e. The third-order valence-corrected chi connectivity index (χ3v) is 3.04. The molecule has 3 nitrogen and oxygen atoms in total. The zero-order chi connectivity index (χ0) is 11.5. The van der Waals surface area contributed by atoms with Crippen molar-refractivity contribution in [3.8, 4) is 0 Å². The van der Waals surface area contributed by atoms with Crippen molar-refractivity contribution < 1.29 is 4.74 Å². The Morgan fingerprint density at radius 3 is 3.00 bits per heavy atom. The number of ether oxygens (including phenoxy) is 1. The number of nitrogens with one attached hydrogen (secondary N) is 1. The molecule has 0 aliphatic carbocycles. The maximum atomic E-state index is 5.72. The number of rotatable bonds is 3. The number of anilines is 1. The molecule has 3 N–H and O–H groups in total. The average molecular weight is 236 g/mol. The minimum Gasteiger partial charge on any atom is -0.389 e. The molecular formula is C12H16N2OS. The van der Waals surface area contributed by atoms with Gasteiger partial charge in [0.2, 0.25) is 0 Å². The fourth-order valence-corrected chi connectivity index (χ4v) is 2.09. The van der Waals surface area contributed by atoms with Gasteiger partial charge >= 0.3 is 0 Å². The van der Waals surface area contributed by atoms with E-state index in [1.165, 1.54) is 0 Å². The molecular weight excluding hydrogens is 220 g/mol. The van der Waals surface area contributed by atoms with Crippen molar-refractivity contribution in [2.75, 3.05) is 18.5 Å². The Labute approximate surface area is 101 Å². The summed E-state index contributed by atoms with van der Waals surface area (Å²) in [6, 6.07) is 6.35.